The van der Waals surface area contributed by atoms with Gasteiger partial charge in [0.05, 0.1) is 0 Å². The van der Waals surface area contributed by atoms with Gasteiger partial charge in [0.2, 0.25) is 0 Å². The summed E-state index contributed by atoms with van der Waals surface area (Å²) in [5.41, 5.74) is 3.78. The van der Waals surface area contributed by atoms with E-state index in [9.17, 15) is 9.90 Å². The number of carbonyl (C=O) groups is 1. The second-order valence-electron chi connectivity index (χ2n) is 6.95. The Morgan fingerprint density at radius 3 is 2.13 bits per heavy atom. The number of aromatic carboxylic acids is 1. The standard InChI is InChI=1S/C19H23NO3/c1-11-7-12(2)17(13(3)8-11)23-15-9-16(19(4,5)6)20-10-14(15)18(21)22/h7-10H,1-6H3,(H,21,22). The Hall–Kier alpha value is -2.36. The fourth-order valence-corrected chi connectivity index (χ4v) is 2.53. The molecule has 4 nitrogen and oxygen atoms in total. The fraction of sp³-hybridized carbons (Fsp3) is 0.368. The number of aromatic nitrogens is 1. The molecule has 0 radical (unpaired) electrons. The molecule has 0 amide bonds. The summed E-state index contributed by atoms with van der Waals surface area (Å²) in [6, 6.07) is 5.77. The van der Waals surface area contributed by atoms with E-state index in [0.29, 0.717) is 11.5 Å². The Balaban J connectivity index is 2.56. The third-order valence-electron chi connectivity index (χ3n) is 3.68. The molecule has 4 heteroatoms. The molecule has 1 aromatic carbocycles. The van der Waals surface area contributed by atoms with Crippen LogP contribution in [0.5, 0.6) is 11.5 Å². The zero-order valence-electron chi connectivity index (χ0n) is 14.5. The minimum atomic E-state index is -1.05. The molecule has 0 bridgehead atoms. The van der Waals surface area contributed by atoms with Gasteiger partial charge in [0, 0.05) is 23.4 Å². The zero-order valence-corrected chi connectivity index (χ0v) is 14.5. The van der Waals surface area contributed by atoms with E-state index in [1.807, 2.05) is 53.7 Å². The maximum atomic E-state index is 11.5. The first-order chi connectivity index (χ1) is 10.6. The van der Waals surface area contributed by atoms with Gasteiger partial charge in [0.1, 0.15) is 17.1 Å². The average Bonchev–Trinajstić information content (AvgIpc) is 2.41. The fourth-order valence-electron chi connectivity index (χ4n) is 2.53. The SMILES string of the molecule is Cc1cc(C)c(Oc2cc(C(C)(C)C)ncc2C(=O)O)c(C)c1. The van der Waals surface area contributed by atoms with Crippen molar-refractivity contribution < 1.29 is 14.6 Å². The van der Waals surface area contributed by atoms with Crippen LogP contribution in [0.2, 0.25) is 0 Å². The van der Waals surface area contributed by atoms with Crippen molar-refractivity contribution in [2.75, 3.05) is 0 Å². The average molecular weight is 313 g/mol. The summed E-state index contributed by atoms with van der Waals surface area (Å²) in [5.74, 6) is -0.0213. The van der Waals surface area contributed by atoms with E-state index in [4.69, 9.17) is 4.74 Å². The number of rotatable bonds is 3. The first kappa shape index (κ1) is 17.0. The minimum absolute atomic E-state index is 0.0670. The third-order valence-corrected chi connectivity index (χ3v) is 3.68. The number of ether oxygens (including phenoxy) is 1. The zero-order chi connectivity index (χ0) is 17.4. The highest BCUT2D eigenvalue weighted by molar-refractivity contribution is 5.90. The van der Waals surface area contributed by atoms with Crippen molar-refractivity contribution >= 4 is 5.97 Å². The van der Waals surface area contributed by atoms with Gasteiger partial charge in [-0.25, -0.2) is 4.79 Å². The molecule has 0 atom stereocenters. The van der Waals surface area contributed by atoms with Gasteiger partial charge in [0.25, 0.3) is 0 Å². The van der Waals surface area contributed by atoms with E-state index in [2.05, 4.69) is 4.98 Å². The van der Waals surface area contributed by atoms with Crippen LogP contribution in [0, 0.1) is 20.8 Å². The summed E-state index contributed by atoms with van der Waals surface area (Å²) in [4.78, 5) is 15.7. The lowest BCUT2D eigenvalue weighted by Crippen LogP contribution is -2.15. The van der Waals surface area contributed by atoms with Gasteiger partial charge >= 0.3 is 5.97 Å². The first-order valence-corrected chi connectivity index (χ1v) is 7.59. The number of hydrogen-bond acceptors (Lipinski definition) is 3. The molecular weight excluding hydrogens is 290 g/mol. The molecule has 0 saturated heterocycles. The van der Waals surface area contributed by atoms with Crippen molar-refractivity contribution in [3.05, 3.63) is 52.3 Å². The second kappa shape index (κ2) is 6.03. The van der Waals surface area contributed by atoms with Crippen LogP contribution in [-0.2, 0) is 5.41 Å². The number of carboxylic acids is 1. The van der Waals surface area contributed by atoms with Crippen molar-refractivity contribution in [3.8, 4) is 11.5 Å². The highest BCUT2D eigenvalue weighted by Crippen LogP contribution is 2.33. The summed E-state index contributed by atoms with van der Waals surface area (Å²) >= 11 is 0. The molecule has 0 fully saturated rings. The number of pyridine rings is 1. The second-order valence-corrected chi connectivity index (χ2v) is 6.95. The Labute approximate surface area is 137 Å². The molecule has 1 heterocycles. The molecule has 2 rings (SSSR count). The Morgan fingerprint density at radius 1 is 1.09 bits per heavy atom. The third kappa shape index (κ3) is 3.70. The molecule has 0 aliphatic rings. The number of benzene rings is 1. The van der Waals surface area contributed by atoms with E-state index in [0.717, 1.165) is 22.4 Å². The van der Waals surface area contributed by atoms with Crippen molar-refractivity contribution in [2.24, 2.45) is 0 Å². The molecule has 0 aliphatic heterocycles. The maximum Gasteiger partial charge on any atom is 0.341 e. The van der Waals surface area contributed by atoms with Gasteiger partial charge in [-0.15, -0.1) is 0 Å². The van der Waals surface area contributed by atoms with Crippen molar-refractivity contribution in [1.82, 2.24) is 4.98 Å². The lowest BCUT2D eigenvalue weighted by Gasteiger charge is -2.20. The maximum absolute atomic E-state index is 11.5. The predicted octanol–water partition coefficient (Wildman–Crippen LogP) is 4.79. The van der Waals surface area contributed by atoms with E-state index in [-0.39, 0.29) is 11.0 Å². The number of nitrogens with zero attached hydrogens (tertiary/aromatic N) is 1. The molecule has 1 aromatic heterocycles. The lowest BCUT2D eigenvalue weighted by molar-refractivity contribution is 0.0693. The van der Waals surface area contributed by atoms with E-state index >= 15 is 0 Å². The van der Waals surface area contributed by atoms with Crippen LogP contribution in [0.15, 0.2) is 24.4 Å². The van der Waals surface area contributed by atoms with E-state index < -0.39 is 5.97 Å². The van der Waals surface area contributed by atoms with Crippen LogP contribution in [0.4, 0.5) is 0 Å². The summed E-state index contributed by atoms with van der Waals surface area (Å²) in [6.45, 7) is 12.0. The van der Waals surface area contributed by atoms with Gasteiger partial charge in [-0.1, -0.05) is 38.5 Å². The molecule has 0 spiro atoms. The number of hydrogen-bond donors (Lipinski definition) is 1. The number of carboxylic acid groups (broad SMARTS) is 1. The monoisotopic (exact) mass is 313 g/mol. The quantitative estimate of drug-likeness (QED) is 0.884. The predicted molar refractivity (Wildman–Crippen MR) is 90.6 cm³/mol. The Bertz CT molecular complexity index is 735. The van der Waals surface area contributed by atoms with Gasteiger partial charge in [-0.2, -0.15) is 0 Å². The molecule has 2 aromatic rings. The summed E-state index contributed by atoms with van der Waals surface area (Å²) in [5, 5.41) is 9.40. The lowest BCUT2D eigenvalue weighted by atomic mass is 9.91. The number of aryl methyl sites for hydroxylation is 3. The first-order valence-electron chi connectivity index (χ1n) is 7.59. The topological polar surface area (TPSA) is 59.4 Å². The van der Waals surface area contributed by atoms with Crippen LogP contribution < -0.4 is 4.74 Å². The van der Waals surface area contributed by atoms with E-state index in [1.165, 1.54) is 6.20 Å². The van der Waals surface area contributed by atoms with E-state index in [1.54, 1.807) is 6.07 Å². The molecule has 0 saturated carbocycles. The molecule has 122 valence electrons. The molecule has 0 unspecified atom stereocenters. The Morgan fingerprint density at radius 2 is 1.65 bits per heavy atom. The van der Waals surface area contributed by atoms with Crippen LogP contribution >= 0.6 is 0 Å². The highest BCUT2D eigenvalue weighted by Gasteiger charge is 2.21. The molecule has 1 N–H and O–H groups in total. The van der Waals surface area contributed by atoms with Gasteiger partial charge in [-0.05, 0) is 31.9 Å². The van der Waals surface area contributed by atoms with Gasteiger partial charge in [0.15, 0.2) is 0 Å². The highest BCUT2D eigenvalue weighted by atomic mass is 16.5. The van der Waals surface area contributed by atoms with Crippen molar-refractivity contribution in [3.63, 3.8) is 0 Å². The normalized spacial score (nSPS) is 11.4. The van der Waals surface area contributed by atoms with Crippen molar-refractivity contribution in [2.45, 2.75) is 47.0 Å². The molecular formula is C19H23NO3. The van der Waals surface area contributed by atoms with Crippen molar-refractivity contribution in [1.29, 1.82) is 0 Å². The molecule has 23 heavy (non-hydrogen) atoms. The van der Waals surface area contributed by atoms with Gasteiger partial charge in [-0.3, -0.25) is 4.98 Å². The van der Waals surface area contributed by atoms with Crippen LogP contribution in [0.1, 0.15) is 53.5 Å². The largest absolute Gasteiger partial charge is 0.477 e. The molecule has 0 aliphatic carbocycles. The minimum Gasteiger partial charge on any atom is -0.477 e. The van der Waals surface area contributed by atoms with Gasteiger partial charge < -0.3 is 9.84 Å². The summed E-state index contributed by atoms with van der Waals surface area (Å²) < 4.78 is 6.00. The smallest absolute Gasteiger partial charge is 0.341 e. The van der Waals surface area contributed by atoms with Crippen LogP contribution in [-0.4, -0.2) is 16.1 Å². The van der Waals surface area contributed by atoms with Crippen LogP contribution in [0.3, 0.4) is 0 Å². The summed E-state index contributed by atoms with van der Waals surface area (Å²) in [6.07, 6.45) is 1.37. The van der Waals surface area contributed by atoms with Crippen LogP contribution in [0.25, 0.3) is 0 Å². The summed E-state index contributed by atoms with van der Waals surface area (Å²) in [7, 11) is 0. The Kier molecular flexibility index (Phi) is 4.46.